The van der Waals surface area contributed by atoms with Gasteiger partial charge in [0.05, 0.1) is 5.56 Å². The Kier molecular flexibility index (Phi) is 7.53. The van der Waals surface area contributed by atoms with E-state index in [1.807, 2.05) is 44.2 Å². The first-order valence-electron chi connectivity index (χ1n) is 11.0. The van der Waals surface area contributed by atoms with Gasteiger partial charge in [0.25, 0.3) is 15.9 Å². The van der Waals surface area contributed by atoms with Gasteiger partial charge >= 0.3 is 0 Å². The average Bonchev–Trinajstić information content (AvgIpc) is 3.00. The van der Waals surface area contributed by atoms with Gasteiger partial charge in [-0.2, -0.15) is 0 Å². The number of benzene rings is 2. The van der Waals surface area contributed by atoms with Crippen LogP contribution in [0.15, 0.2) is 59.5 Å². The smallest absolute Gasteiger partial charge is 0.269 e. The lowest BCUT2D eigenvalue weighted by molar-refractivity contribution is -0.141. The molecule has 0 saturated carbocycles. The molecule has 2 atom stereocenters. The summed E-state index contributed by atoms with van der Waals surface area (Å²) in [6.07, 6.45) is 1.06. The zero-order valence-electron chi connectivity index (χ0n) is 19.0. The zero-order valence-corrected chi connectivity index (χ0v) is 19.8. The summed E-state index contributed by atoms with van der Waals surface area (Å²) in [5, 5.41) is 2.90. The van der Waals surface area contributed by atoms with Gasteiger partial charge in [0, 0.05) is 12.6 Å². The molecule has 9 heteroatoms. The Morgan fingerprint density at radius 1 is 1.00 bits per heavy atom. The minimum Gasteiger partial charge on any atom is -0.352 e. The molecule has 0 spiro atoms. The summed E-state index contributed by atoms with van der Waals surface area (Å²) < 4.78 is 26.4. The van der Waals surface area contributed by atoms with E-state index >= 15 is 0 Å². The third-order valence-corrected chi connectivity index (χ3v) is 7.56. The molecule has 8 nitrogen and oxygen atoms in total. The predicted molar refractivity (Wildman–Crippen MR) is 124 cm³/mol. The fourth-order valence-corrected chi connectivity index (χ4v) is 5.26. The van der Waals surface area contributed by atoms with Crippen LogP contribution in [-0.2, 0) is 26.2 Å². The molecular weight excluding hydrogens is 442 g/mol. The molecule has 1 aliphatic heterocycles. The van der Waals surface area contributed by atoms with Crippen LogP contribution >= 0.6 is 0 Å². The van der Waals surface area contributed by atoms with Gasteiger partial charge in [-0.25, -0.2) is 12.7 Å². The maximum Gasteiger partial charge on any atom is 0.269 e. The summed E-state index contributed by atoms with van der Waals surface area (Å²) in [6.45, 7) is 5.05. The molecule has 0 fully saturated rings. The maximum atomic E-state index is 13.4. The number of carbonyl (C=O) groups is 3. The summed E-state index contributed by atoms with van der Waals surface area (Å²) in [5.41, 5.74) is 0.834. The fraction of sp³-hybridized carbons (Fsp3) is 0.375. The number of nitrogens with zero attached hydrogens (tertiary/aromatic N) is 2. The van der Waals surface area contributed by atoms with Gasteiger partial charge in [0.1, 0.15) is 17.5 Å². The van der Waals surface area contributed by atoms with Gasteiger partial charge in [0.15, 0.2) is 0 Å². The van der Waals surface area contributed by atoms with Gasteiger partial charge in [-0.15, -0.1) is 0 Å². The van der Waals surface area contributed by atoms with E-state index in [2.05, 4.69) is 5.32 Å². The van der Waals surface area contributed by atoms with E-state index in [1.54, 1.807) is 13.0 Å². The van der Waals surface area contributed by atoms with Crippen molar-refractivity contribution in [1.29, 1.82) is 0 Å². The van der Waals surface area contributed by atoms with E-state index in [-0.39, 0.29) is 29.0 Å². The van der Waals surface area contributed by atoms with E-state index in [0.29, 0.717) is 10.7 Å². The van der Waals surface area contributed by atoms with Gasteiger partial charge in [-0.1, -0.05) is 56.3 Å². The molecule has 1 aliphatic rings. The second-order valence-corrected chi connectivity index (χ2v) is 9.89. The van der Waals surface area contributed by atoms with Crippen molar-refractivity contribution >= 4 is 27.7 Å². The lowest BCUT2D eigenvalue weighted by atomic mass is 10.1. The molecule has 0 bridgehead atoms. The highest BCUT2D eigenvalue weighted by molar-refractivity contribution is 7.90. The largest absolute Gasteiger partial charge is 0.352 e. The van der Waals surface area contributed by atoms with Crippen molar-refractivity contribution in [1.82, 2.24) is 14.5 Å². The standard InChI is InChI=1S/C24H29N3O5S/c1-4-17(3)25-23(29)20(5-2)26(15-18-11-7-6-8-12-18)22(28)16-27-24(30)19-13-9-10-14-21(19)33(27,31)32/h6-14,17,20H,4-5,15-16H2,1-3H3,(H,25,29)/t17-,20-/m1/s1. The number of hydrogen-bond donors (Lipinski definition) is 1. The van der Waals surface area contributed by atoms with Crippen molar-refractivity contribution in [3.05, 3.63) is 65.7 Å². The molecule has 176 valence electrons. The zero-order chi connectivity index (χ0) is 24.2. The SMILES string of the molecule is CC[C@@H](C)NC(=O)[C@@H](CC)N(Cc1ccccc1)C(=O)CN1C(=O)c2ccccc2S1(=O)=O. The Bertz CT molecular complexity index is 1130. The Hall–Kier alpha value is -3.20. The number of amides is 3. The summed E-state index contributed by atoms with van der Waals surface area (Å²) in [7, 11) is -4.14. The van der Waals surface area contributed by atoms with Crippen LogP contribution in [0.1, 0.15) is 49.5 Å². The first-order chi connectivity index (χ1) is 15.7. The second-order valence-electron chi connectivity index (χ2n) is 8.06. The van der Waals surface area contributed by atoms with Crippen LogP contribution in [0, 0.1) is 0 Å². The molecule has 0 aliphatic carbocycles. The normalized spacial score (nSPS) is 16.1. The van der Waals surface area contributed by atoms with E-state index in [1.165, 1.54) is 23.1 Å². The molecule has 1 heterocycles. The quantitative estimate of drug-likeness (QED) is 0.605. The number of fused-ring (bicyclic) bond motifs is 1. The summed E-state index contributed by atoms with van der Waals surface area (Å²) in [5.74, 6) is -1.67. The molecule has 3 amide bonds. The van der Waals surface area contributed by atoms with Crippen LogP contribution in [0.2, 0.25) is 0 Å². The topological polar surface area (TPSA) is 104 Å². The van der Waals surface area contributed by atoms with Crippen molar-refractivity contribution in [2.75, 3.05) is 6.54 Å². The first kappa shape index (κ1) is 24.4. The maximum absolute atomic E-state index is 13.4. The molecule has 1 N–H and O–H groups in total. The molecule has 0 unspecified atom stereocenters. The Morgan fingerprint density at radius 2 is 1.64 bits per heavy atom. The molecule has 2 aromatic carbocycles. The Balaban J connectivity index is 1.91. The Labute approximate surface area is 194 Å². The highest BCUT2D eigenvalue weighted by Crippen LogP contribution is 2.30. The Morgan fingerprint density at radius 3 is 2.24 bits per heavy atom. The average molecular weight is 472 g/mol. The number of rotatable bonds is 9. The van der Waals surface area contributed by atoms with Crippen LogP contribution in [0.25, 0.3) is 0 Å². The lowest BCUT2D eigenvalue weighted by Gasteiger charge is -2.32. The number of hydrogen-bond acceptors (Lipinski definition) is 5. The molecule has 0 saturated heterocycles. The molecule has 2 aromatic rings. The predicted octanol–water partition coefficient (Wildman–Crippen LogP) is 2.55. The summed E-state index contributed by atoms with van der Waals surface area (Å²) in [6, 6.07) is 14.1. The molecule has 0 radical (unpaired) electrons. The van der Waals surface area contributed by atoms with Gasteiger partial charge in [-0.3, -0.25) is 14.4 Å². The van der Waals surface area contributed by atoms with Gasteiger partial charge in [0.2, 0.25) is 11.8 Å². The third-order valence-electron chi connectivity index (χ3n) is 5.77. The number of sulfonamides is 1. The highest BCUT2D eigenvalue weighted by Gasteiger charge is 2.43. The van der Waals surface area contributed by atoms with E-state index in [4.69, 9.17) is 0 Å². The van der Waals surface area contributed by atoms with Crippen molar-refractivity contribution in [2.45, 2.75) is 57.1 Å². The van der Waals surface area contributed by atoms with Crippen LogP contribution in [0.4, 0.5) is 0 Å². The monoisotopic (exact) mass is 471 g/mol. The van der Waals surface area contributed by atoms with Crippen LogP contribution in [0.3, 0.4) is 0 Å². The van der Waals surface area contributed by atoms with Crippen LogP contribution in [-0.4, -0.2) is 54.0 Å². The van der Waals surface area contributed by atoms with Crippen molar-refractivity contribution < 1.29 is 22.8 Å². The van der Waals surface area contributed by atoms with Gasteiger partial charge in [-0.05, 0) is 37.5 Å². The summed E-state index contributed by atoms with van der Waals surface area (Å²) >= 11 is 0. The van der Waals surface area contributed by atoms with Crippen molar-refractivity contribution in [2.24, 2.45) is 0 Å². The van der Waals surface area contributed by atoms with Crippen LogP contribution < -0.4 is 5.32 Å². The van der Waals surface area contributed by atoms with E-state index < -0.39 is 34.4 Å². The van der Waals surface area contributed by atoms with Crippen molar-refractivity contribution in [3.63, 3.8) is 0 Å². The van der Waals surface area contributed by atoms with E-state index in [0.717, 1.165) is 12.0 Å². The lowest BCUT2D eigenvalue weighted by Crippen LogP contribution is -2.53. The van der Waals surface area contributed by atoms with Crippen LogP contribution in [0.5, 0.6) is 0 Å². The molecular formula is C24H29N3O5S. The molecule has 0 aromatic heterocycles. The number of nitrogens with one attached hydrogen (secondary N) is 1. The third kappa shape index (κ3) is 5.08. The highest BCUT2D eigenvalue weighted by atomic mass is 32.2. The summed E-state index contributed by atoms with van der Waals surface area (Å²) in [4.78, 5) is 40.5. The fourth-order valence-electron chi connectivity index (χ4n) is 3.74. The minimum absolute atomic E-state index is 0.0430. The second kappa shape index (κ2) is 10.2. The van der Waals surface area contributed by atoms with Gasteiger partial charge < -0.3 is 10.2 Å². The molecule has 33 heavy (non-hydrogen) atoms. The van der Waals surface area contributed by atoms with Crippen molar-refractivity contribution in [3.8, 4) is 0 Å². The van der Waals surface area contributed by atoms with E-state index in [9.17, 15) is 22.8 Å². The first-order valence-corrected chi connectivity index (χ1v) is 12.4. The molecule has 3 rings (SSSR count). The number of carbonyl (C=O) groups excluding carboxylic acids is 3. The minimum atomic E-state index is -4.14.